The van der Waals surface area contributed by atoms with Crippen LogP contribution in [0.25, 0.3) is 18.3 Å². The van der Waals surface area contributed by atoms with E-state index < -0.39 is 0 Å². The molecule has 1 heterocycles. The molecule has 0 spiro atoms. The molecule has 3 nitrogen and oxygen atoms in total. The average molecular weight is 339 g/mol. The van der Waals surface area contributed by atoms with E-state index in [1.165, 1.54) is 11.3 Å². The van der Waals surface area contributed by atoms with Gasteiger partial charge in [-0.1, -0.05) is 43.0 Å². The average Bonchev–Trinajstić information content (AvgIpc) is 2.85. The minimum Gasteiger partial charge on any atom is -0.501 e. The van der Waals surface area contributed by atoms with Crippen molar-refractivity contribution in [3.63, 3.8) is 0 Å². The van der Waals surface area contributed by atoms with Crippen molar-refractivity contribution in [1.29, 1.82) is 0 Å². The fraction of sp³-hybridized carbons (Fsp3) is 0.150. The Morgan fingerprint density at radius 2 is 1.92 bits per heavy atom. The lowest BCUT2D eigenvalue weighted by Gasteiger charge is -2.01. The Bertz CT molecular complexity index is 957. The normalized spacial score (nSPS) is 13.2. The number of aryl methyl sites for hydroxylation is 1. The number of methoxy groups -OCH3 is 1. The molecular formula is C20H21NO2S. The molecule has 0 atom stereocenters. The maximum absolute atomic E-state index is 12.7. The first-order valence-corrected chi connectivity index (χ1v) is 8.32. The van der Waals surface area contributed by atoms with E-state index in [2.05, 4.69) is 13.2 Å². The van der Waals surface area contributed by atoms with E-state index in [1.807, 2.05) is 56.3 Å². The number of hydrogen-bond donors (Lipinski definition) is 0. The van der Waals surface area contributed by atoms with E-state index in [4.69, 9.17) is 4.74 Å². The minimum atomic E-state index is -0.0750. The lowest BCUT2D eigenvalue weighted by molar-refractivity contribution is 0.294. The van der Waals surface area contributed by atoms with Gasteiger partial charge in [0.25, 0.3) is 5.56 Å². The first-order valence-electron chi connectivity index (χ1n) is 7.51. The number of nitrogens with zero attached hydrogens (tertiary/aromatic N) is 1. The van der Waals surface area contributed by atoms with Gasteiger partial charge in [0.15, 0.2) is 0 Å². The monoisotopic (exact) mass is 339 g/mol. The Morgan fingerprint density at radius 1 is 1.25 bits per heavy atom. The van der Waals surface area contributed by atoms with Crippen LogP contribution in [0.4, 0.5) is 0 Å². The molecule has 0 N–H and O–H groups in total. The van der Waals surface area contributed by atoms with Gasteiger partial charge < -0.3 is 4.74 Å². The number of allylic oxidation sites excluding steroid dienone is 5. The summed E-state index contributed by atoms with van der Waals surface area (Å²) in [5.41, 5.74) is 2.73. The molecule has 0 fully saturated rings. The number of benzene rings is 1. The molecular weight excluding hydrogens is 318 g/mol. The molecule has 0 saturated carbocycles. The summed E-state index contributed by atoms with van der Waals surface area (Å²) in [7, 11) is 1.62. The first-order chi connectivity index (χ1) is 11.5. The summed E-state index contributed by atoms with van der Waals surface area (Å²) >= 11 is 1.37. The molecule has 0 amide bonds. The Kier molecular flexibility index (Phi) is 5.77. The second kappa shape index (κ2) is 7.79. The van der Waals surface area contributed by atoms with Gasteiger partial charge in [0.05, 0.1) is 27.8 Å². The Hall–Kier alpha value is -2.59. The fourth-order valence-corrected chi connectivity index (χ4v) is 3.00. The molecule has 4 heteroatoms. The molecule has 0 unspecified atom stereocenters. The maximum atomic E-state index is 12.7. The van der Waals surface area contributed by atoms with Crippen molar-refractivity contribution in [2.45, 2.75) is 13.8 Å². The van der Waals surface area contributed by atoms with Gasteiger partial charge in [0.2, 0.25) is 0 Å². The van der Waals surface area contributed by atoms with E-state index in [1.54, 1.807) is 17.8 Å². The third-order valence-electron chi connectivity index (χ3n) is 3.55. The minimum absolute atomic E-state index is 0.0750. The third-order valence-corrected chi connectivity index (χ3v) is 4.48. The van der Waals surface area contributed by atoms with Crippen LogP contribution in [-0.2, 0) is 4.74 Å². The highest BCUT2D eigenvalue weighted by molar-refractivity contribution is 7.07. The van der Waals surface area contributed by atoms with E-state index in [9.17, 15) is 4.79 Å². The largest absolute Gasteiger partial charge is 0.501 e. The zero-order chi connectivity index (χ0) is 17.7. The van der Waals surface area contributed by atoms with Gasteiger partial charge in [0.1, 0.15) is 0 Å². The van der Waals surface area contributed by atoms with E-state index in [0.717, 1.165) is 22.6 Å². The van der Waals surface area contributed by atoms with Crippen LogP contribution in [0, 0.1) is 6.92 Å². The van der Waals surface area contributed by atoms with Crippen molar-refractivity contribution in [3.05, 3.63) is 85.5 Å². The number of ether oxygens (including phenoxy) is 1. The summed E-state index contributed by atoms with van der Waals surface area (Å²) in [5, 5.41) is 0. The standard InChI is InChI=1S/C20H21NO2S/c1-6-17(10-9-15(3)23-5)13-19-20(22)21(16(4)24-19)18-11-7-14(2)8-12-18/h6-13H,1,4H2,2-3,5H3/b15-9+,17-10+,19-13-. The van der Waals surface area contributed by atoms with Crippen LogP contribution in [0.15, 0.2) is 65.2 Å². The van der Waals surface area contributed by atoms with E-state index >= 15 is 0 Å². The maximum Gasteiger partial charge on any atom is 0.273 e. The fourth-order valence-electron chi connectivity index (χ4n) is 2.09. The Morgan fingerprint density at radius 3 is 2.50 bits per heavy atom. The third kappa shape index (κ3) is 4.03. The van der Waals surface area contributed by atoms with Crippen molar-refractivity contribution < 1.29 is 4.74 Å². The van der Waals surface area contributed by atoms with Gasteiger partial charge in [-0.2, -0.15) is 0 Å². The highest BCUT2D eigenvalue weighted by Crippen LogP contribution is 2.05. The predicted octanol–water partition coefficient (Wildman–Crippen LogP) is 3.06. The molecule has 0 aliphatic carbocycles. The van der Waals surface area contributed by atoms with Gasteiger partial charge in [-0.05, 0) is 43.7 Å². The Balaban J connectivity index is 2.55. The second-order valence-electron chi connectivity index (χ2n) is 5.33. The summed E-state index contributed by atoms with van der Waals surface area (Å²) in [6.45, 7) is 11.7. The highest BCUT2D eigenvalue weighted by atomic mass is 32.1. The summed E-state index contributed by atoms with van der Waals surface area (Å²) in [4.78, 5) is 12.7. The molecule has 24 heavy (non-hydrogen) atoms. The summed E-state index contributed by atoms with van der Waals surface area (Å²) < 4.78 is 8.05. The zero-order valence-electron chi connectivity index (χ0n) is 14.2. The molecule has 0 bridgehead atoms. The van der Waals surface area contributed by atoms with Crippen LogP contribution in [0.1, 0.15) is 12.5 Å². The number of aromatic nitrogens is 1. The summed E-state index contributed by atoms with van der Waals surface area (Å²) in [5.74, 6) is 0.781. The first kappa shape index (κ1) is 17.8. The summed E-state index contributed by atoms with van der Waals surface area (Å²) in [6, 6.07) is 7.82. The van der Waals surface area contributed by atoms with Crippen molar-refractivity contribution >= 4 is 24.0 Å². The van der Waals surface area contributed by atoms with Crippen molar-refractivity contribution in [3.8, 4) is 5.69 Å². The van der Waals surface area contributed by atoms with Gasteiger partial charge in [-0.3, -0.25) is 9.36 Å². The van der Waals surface area contributed by atoms with Crippen LogP contribution < -0.4 is 14.8 Å². The molecule has 0 radical (unpaired) electrons. The van der Waals surface area contributed by atoms with Crippen LogP contribution in [-0.4, -0.2) is 11.7 Å². The molecule has 1 aromatic heterocycles. The quantitative estimate of drug-likeness (QED) is 0.619. The lowest BCUT2D eigenvalue weighted by Crippen LogP contribution is -2.29. The molecule has 2 rings (SSSR count). The topological polar surface area (TPSA) is 31.2 Å². The second-order valence-corrected chi connectivity index (χ2v) is 6.45. The highest BCUT2D eigenvalue weighted by Gasteiger charge is 2.05. The van der Waals surface area contributed by atoms with Gasteiger partial charge in [0, 0.05) is 0 Å². The van der Waals surface area contributed by atoms with Crippen LogP contribution in [0.5, 0.6) is 0 Å². The van der Waals surface area contributed by atoms with Gasteiger partial charge >= 0.3 is 0 Å². The number of rotatable bonds is 5. The van der Waals surface area contributed by atoms with Crippen molar-refractivity contribution in [2.24, 2.45) is 0 Å². The van der Waals surface area contributed by atoms with Crippen LogP contribution in [0.2, 0.25) is 0 Å². The van der Waals surface area contributed by atoms with Crippen LogP contribution in [0.3, 0.4) is 0 Å². The Labute approximate surface area is 145 Å². The molecule has 124 valence electrons. The van der Waals surface area contributed by atoms with Crippen molar-refractivity contribution in [2.75, 3.05) is 7.11 Å². The number of thiazole rings is 1. The van der Waals surface area contributed by atoms with Crippen LogP contribution >= 0.6 is 11.3 Å². The predicted molar refractivity (Wildman–Crippen MR) is 103 cm³/mol. The molecule has 1 aromatic carbocycles. The smallest absolute Gasteiger partial charge is 0.273 e. The van der Waals surface area contributed by atoms with E-state index in [-0.39, 0.29) is 5.56 Å². The van der Waals surface area contributed by atoms with Crippen molar-refractivity contribution in [1.82, 2.24) is 4.57 Å². The molecule has 0 saturated heterocycles. The zero-order valence-corrected chi connectivity index (χ0v) is 15.0. The SMILES string of the molecule is C=CC(/C=c1\sc(=C)n(-c2ccc(C)cc2)c1=O)=C\C=C(/C)OC. The molecule has 0 aliphatic heterocycles. The van der Waals surface area contributed by atoms with E-state index in [0.29, 0.717) is 9.20 Å². The summed E-state index contributed by atoms with van der Waals surface area (Å²) in [6.07, 6.45) is 7.23. The molecule has 0 aliphatic rings. The molecule has 2 aromatic rings. The van der Waals surface area contributed by atoms with Gasteiger partial charge in [-0.25, -0.2) is 0 Å². The number of hydrogen-bond acceptors (Lipinski definition) is 3. The van der Waals surface area contributed by atoms with Gasteiger partial charge in [-0.15, -0.1) is 11.3 Å². The lowest BCUT2D eigenvalue weighted by atomic mass is 10.2.